The van der Waals surface area contributed by atoms with Crippen LogP contribution in [0.5, 0.6) is 0 Å². The van der Waals surface area contributed by atoms with E-state index in [0.29, 0.717) is 17.3 Å². The topological polar surface area (TPSA) is 54.6 Å². The lowest BCUT2D eigenvalue weighted by Gasteiger charge is -2.36. The van der Waals surface area contributed by atoms with E-state index in [4.69, 9.17) is 10.5 Å². The molecule has 19 heavy (non-hydrogen) atoms. The van der Waals surface area contributed by atoms with Gasteiger partial charge in [-0.3, -0.25) is 9.80 Å². The van der Waals surface area contributed by atoms with Gasteiger partial charge in [0.15, 0.2) is 5.13 Å². The van der Waals surface area contributed by atoms with E-state index in [1.807, 2.05) is 6.20 Å². The maximum Gasteiger partial charge on any atom is 0.180 e. The van der Waals surface area contributed by atoms with Crippen LogP contribution < -0.4 is 5.73 Å². The molecule has 1 aromatic rings. The zero-order valence-electron chi connectivity index (χ0n) is 12.0. The van der Waals surface area contributed by atoms with Crippen molar-refractivity contribution in [1.82, 2.24) is 14.8 Å². The van der Waals surface area contributed by atoms with Gasteiger partial charge in [0.2, 0.25) is 0 Å². The summed E-state index contributed by atoms with van der Waals surface area (Å²) in [5.74, 6) is 0. The first-order valence-electron chi connectivity index (χ1n) is 6.79. The summed E-state index contributed by atoms with van der Waals surface area (Å²) < 4.78 is 5.75. The Morgan fingerprint density at radius 1 is 1.47 bits per heavy atom. The van der Waals surface area contributed by atoms with E-state index in [1.54, 1.807) is 11.3 Å². The van der Waals surface area contributed by atoms with Crippen LogP contribution in [0, 0.1) is 0 Å². The molecule has 0 radical (unpaired) electrons. The maximum atomic E-state index is 5.75. The van der Waals surface area contributed by atoms with E-state index >= 15 is 0 Å². The number of likely N-dealkylation sites (N-methyl/N-ethyl adjacent to an activating group) is 1. The molecule has 1 aromatic heterocycles. The number of hydrogen-bond acceptors (Lipinski definition) is 6. The quantitative estimate of drug-likeness (QED) is 0.882. The molecule has 6 heteroatoms. The molecule has 5 nitrogen and oxygen atoms in total. The zero-order valence-corrected chi connectivity index (χ0v) is 12.8. The molecule has 2 N–H and O–H groups in total. The third-order valence-electron chi connectivity index (χ3n) is 3.29. The number of rotatable bonds is 5. The molecule has 0 aromatic carbocycles. The lowest BCUT2D eigenvalue weighted by atomic mass is 10.2. The second-order valence-electron chi connectivity index (χ2n) is 5.42. The Kier molecular flexibility index (Phi) is 5.15. The molecule has 0 unspecified atom stereocenters. The summed E-state index contributed by atoms with van der Waals surface area (Å²) >= 11 is 1.57. The number of anilines is 1. The molecule has 1 aliphatic rings. The lowest BCUT2D eigenvalue weighted by Crippen LogP contribution is -2.47. The number of nitrogen functional groups attached to an aromatic ring is 1. The van der Waals surface area contributed by atoms with Gasteiger partial charge in [-0.15, -0.1) is 11.3 Å². The smallest absolute Gasteiger partial charge is 0.180 e. The predicted molar refractivity (Wildman–Crippen MR) is 79.3 cm³/mol. The average Bonchev–Trinajstić information content (AvgIpc) is 2.71. The summed E-state index contributed by atoms with van der Waals surface area (Å²) in [4.78, 5) is 10.1. The fraction of sp³-hybridized carbons (Fsp3) is 0.769. The maximum absolute atomic E-state index is 5.75. The minimum atomic E-state index is 0.343. The first-order valence-corrected chi connectivity index (χ1v) is 7.61. The van der Waals surface area contributed by atoms with E-state index < -0.39 is 0 Å². The van der Waals surface area contributed by atoms with Crippen molar-refractivity contribution in [2.24, 2.45) is 0 Å². The lowest BCUT2D eigenvalue weighted by molar-refractivity contribution is -0.0691. The number of aromatic nitrogens is 1. The summed E-state index contributed by atoms with van der Waals surface area (Å²) in [5.41, 5.74) is 5.64. The first-order chi connectivity index (χ1) is 9.02. The molecular formula is C13H24N4OS. The number of nitrogens with zero attached hydrogens (tertiary/aromatic N) is 3. The molecule has 1 aliphatic heterocycles. The summed E-state index contributed by atoms with van der Waals surface area (Å²) in [5, 5.41) is 0.652. The molecule has 2 atom stereocenters. The Bertz CT molecular complexity index is 388. The molecule has 1 saturated heterocycles. The van der Waals surface area contributed by atoms with Gasteiger partial charge < -0.3 is 10.5 Å². The first kappa shape index (κ1) is 14.7. The Hall–Kier alpha value is -0.690. The summed E-state index contributed by atoms with van der Waals surface area (Å²) in [7, 11) is 2.14. The zero-order chi connectivity index (χ0) is 13.8. The van der Waals surface area contributed by atoms with Crippen molar-refractivity contribution in [3.63, 3.8) is 0 Å². The second-order valence-corrected chi connectivity index (χ2v) is 6.57. The van der Waals surface area contributed by atoms with Crippen LogP contribution in [0.15, 0.2) is 6.20 Å². The Balaban J connectivity index is 1.72. The van der Waals surface area contributed by atoms with Gasteiger partial charge in [0.1, 0.15) is 0 Å². The number of hydrogen-bond donors (Lipinski definition) is 1. The molecule has 2 rings (SSSR count). The summed E-state index contributed by atoms with van der Waals surface area (Å²) in [6.45, 7) is 9.42. The molecule has 0 saturated carbocycles. The van der Waals surface area contributed by atoms with Crippen LogP contribution in [0.3, 0.4) is 0 Å². The van der Waals surface area contributed by atoms with E-state index in [0.717, 1.165) is 32.7 Å². The van der Waals surface area contributed by atoms with Gasteiger partial charge in [0.25, 0.3) is 0 Å². The molecule has 0 aliphatic carbocycles. The number of ether oxygens (including phenoxy) is 1. The van der Waals surface area contributed by atoms with Crippen LogP contribution in [0.1, 0.15) is 18.7 Å². The Morgan fingerprint density at radius 2 is 2.16 bits per heavy atom. The van der Waals surface area contributed by atoms with E-state index in [2.05, 4.69) is 35.7 Å². The molecule has 108 valence electrons. The number of thiazole rings is 1. The van der Waals surface area contributed by atoms with Crippen molar-refractivity contribution in [3.8, 4) is 0 Å². The largest absolute Gasteiger partial charge is 0.375 e. The van der Waals surface area contributed by atoms with Crippen LogP contribution >= 0.6 is 11.3 Å². The van der Waals surface area contributed by atoms with Crippen molar-refractivity contribution in [2.75, 3.05) is 39.0 Å². The Morgan fingerprint density at radius 3 is 2.74 bits per heavy atom. The highest BCUT2D eigenvalue weighted by molar-refractivity contribution is 7.15. The average molecular weight is 284 g/mol. The van der Waals surface area contributed by atoms with Crippen LogP contribution in [-0.4, -0.2) is 60.2 Å². The van der Waals surface area contributed by atoms with Gasteiger partial charge in [-0.2, -0.15) is 0 Å². The van der Waals surface area contributed by atoms with E-state index in [9.17, 15) is 0 Å². The van der Waals surface area contributed by atoms with Crippen molar-refractivity contribution in [3.05, 3.63) is 11.1 Å². The van der Waals surface area contributed by atoms with Gasteiger partial charge in [0, 0.05) is 43.8 Å². The van der Waals surface area contributed by atoms with Crippen LogP contribution in [0.2, 0.25) is 0 Å². The second kappa shape index (κ2) is 6.65. The fourth-order valence-electron chi connectivity index (χ4n) is 2.52. The van der Waals surface area contributed by atoms with Crippen LogP contribution in [0.25, 0.3) is 0 Å². The summed E-state index contributed by atoms with van der Waals surface area (Å²) in [6, 6.07) is 0. The highest BCUT2D eigenvalue weighted by atomic mass is 32.1. The summed E-state index contributed by atoms with van der Waals surface area (Å²) in [6.07, 6.45) is 2.56. The molecule has 0 bridgehead atoms. The minimum Gasteiger partial charge on any atom is -0.375 e. The van der Waals surface area contributed by atoms with Crippen molar-refractivity contribution in [1.29, 1.82) is 0 Å². The van der Waals surface area contributed by atoms with Crippen LogP contribution in [-0.2, 0) is 11.3 Å². The van der Waals surface area contributed by atoms with Crippen molar-refractivity contribution in [2.45, 2.75) is 32.6 Å². The van der Waals surface area contributed by atoms with Crippen molar-refractivity contribution < 1.29 is 4.74 Å². The third-order valence-corrected chi connectivity index (χ3v) is 4.10. The van der Waals surface area contributed by atoms with Gasteiger partial charge >= 0.3 is 0 Å². The van der Waals surface area contributed by atoms with Gasteiger partial charge in [-0.25, -0.2) is 4.98 Å². The number of nitrogens with two attached hydrogens (primary N) is 1. The van der Waals surface area contributed by atoms with Gasteiger partial charge in [-0.05, 0) is 20.9 Å². The normalized spacial score (nSPS) is 25.1. The van der Waals surface area contributed by atoms with Gasteiger partial charge in [0.05, 0.1) is 12.2 Å². The van der Waals surface area contributed by atoms with Crippen molar-refractivity contribution >= 4 is 16.5 Å². The third kappa shape index (κ3) is 4.72. The van der Waals surface area contributed by atoms with E-state index in [-0.39, 0.29) is 0 Å². The molecule has 0 spiro atoms. The Labute approximate surface area is 119 Å². The predicted octanol–water partition coefficient (Wildman–Crippen LogP) is 1.27. The highest BCUT2D eigenvalue weighted by Gasteiger charge is 2.21. The SMILES string of the molecule is C[C@@H]1CN(CCN(C)Cc2cnc(N)s2)C[C@H](C)O1. The van der Waals surface area contributed by atoms with Gasteiger partial charge in [-0.1, -0.05) is 0 Å². The van der Waals surface area contributed by atoms with Crippen LogP contribution in [0.4, 0.5) is 5.13 Å². The van der Waals surface area contributed by atoms with E-state index in [1.165, 1.54) is 4.88 Å². The standard InChI is InChI=1S/C13H24N4OS/c1-10-7-17(8-11(2)18-10)5-4-16(3)9-12-6-15-13(14)19-12/h6,10-11H,4-5,7-9H2,1-3H3,(H2,14,15)/t10-,11+. The fourth-order valence-corrected chi connectivity index (χ4v) is 3.28. The molecule has 2 heterocycles. The molecular weight excluding hydrogens is 260 g/mol. The monoisotopic (exact) mass is 284 g/mol. The minimum absolute atomic E-state index is 0.343. The number of morpholine rings is 1. The highest BCUT2D eigenvalue weighted by Crippen LogP contribution is 2.16. The molecule has 1 fully saturated rings. The molecule has 0 amide bonds.